The zero-order valence-corrected chi connectivity index (χ0v) is 10.8. The average molecular weight is 248 g/mol. The summed E-state index contributed by atoms with van der Waals surface area (Å²) in [6, 6.07) is 9.87. The van der Waals surface area contributed by atoms with Gasteiger partial charge in [-0.3, -0.25) is 0 Å². The zero-order chi connectivity index (χ0) is 12.3. The first kappa shape index (κ1) is 12.3. The summed E-state index contributed by atoms with van der Waals surface area (Å²) in [4.78, 5) is 1.17. The minimum absolute atomic E-state index is 0.530. The van der Waals surface area contributed by atoms with Crippen LogP contribution >= 0.6 is 11.3 Å². The first-order valence-corrected chi connectivity index (χ1v) is 6.40. The monoisotopic (exact) mass is 248 g/mol. The van der Waals surface area contributed by atoms with Crippen LogP contribution in [0.2, 0.25) is 0 Å². The number of aliphatic hydroxyl groups excluding tert-OH is 1. The lowest BCUT2D eigenvalue weighted by atomic mass is 10.0. The second-order valence-electron chi connectivity index (χ2n) is 4.01. The van der Waals surface area contributed by atoms with Gasteiger partial charge < -0.3 is 9.84 Å². The van der Waals surface area contributed by atoms with Crippen LogP contribution in [0.4, 0.5) is 0 Å². The maximum atomic E-state index is 10.3. The molecule has 2 aromatic rings. The first-order valence-electron chi connectivity index (χ1n) is 5.52. The van der Waals surface area contributed by atoms with Crippen molar-refractivity contribution in [1.82, 2.24) is 0 Å². The topological polar surface area (TPSA) is 29.5 Å². The molecule has 3 heteroatoms. The van der Waals surface area contributed by atoms with E-state index in [0.29, 0.717) is 6.61 Å². The van der Waals surface area contributed by atoms with Gasteiger partial charge in [0.25, 0.3) is 0 Å². The molecule has 0 aliphatic rings. The zero-order valence-electron chi connectivity index (χ0n) is 10.0. The van der Waals surface area contributed by atoms with Crippen molar-refractivity contribution in [2.24, 2.45) is 0 Å². The molecule has 0 fully saturated rings. The number of hydrogen-bond donors (Lipinski definition) is 1. The summed E-state index contributed by atoms with van der Waals surface area (Å²) in [6.45, 7) is 2.64. The predicted molar refractivity (Wildman–Crippen MR) is 70.3 cm³/mol. The van der Waals surface area contributed by atoms with Gasteiger partial charge in [-0.25, -0.2) is 0 Å². The van der Waals surface area contributed by atoms with Crippen LogP contribution in [0.1, 0.15) is 27.7 Å². The Labute approximate surface area is 105 Å². The molecule has 0 saturated carbocycles. The van der Waals surface area contributed by atoms with Gasteiger partial charge in [-0.15, -0.1) is 11.3 Å². The predicted octanol–water partition coefficient (Wildman–Crippen LogP) is 3.28. The second kappa shape index (κ2) is 5.45. The summed E-state index contributed by atoms with van der Waals surface area (Å²) >= 11 is 1.66. The highest BCUT2D eigenvalue weighted by molar-refractivity contribution is 7.10. The molecular formula is C14H16O2S. The number of aliphatic hydroxyl groups is 1. The molecule has 1 heterocycles. The quantitative estimate of drug-likeness (QED) is 0.899. The van der Waals surface area contributed by atoms with Gasteiger partial charge in [-0.05, 0) is 35.1 Å². The molecule has 17 heavy (non-hydrogen) atoms. The molecule has 2 nitrogen and oxygen atoms in total. The molecule has 1 aromatic heterocycles. The molecule has 0 aliphatic heterocycles. The van der Waals surface area contributed by atoms with Crippen molar-refractivity contribution in [3.63, 3.8) is 0 Å². The van der Waals surface area contributed by atoms with E-state index in [4.69, 9.17) is 4.74 Å². The van der Waals surface area contributed by atoms with Crippen molar-refractivity contribution >= 4 is 11.3 Å². The second-order valence-corrected chi connectivity index (χ2v) is 5.13. The van der Waals surface area contributed by atoms with E-state index in [2.05, 4.69) is 0 Å². The largest absolute Gasteiger partial charge is 0.384 e. The highest BCUT2D eigenvalue weighted by Crippen LogP contribution is 2.28. The van der Waals surface area contributed by atoms with Crippen molar-refractivity contribution in [2.75, 3.05) is 7.11 Å². The van der Waals surface area contributed by atoms with Gasteiger partial charge in [0.2, 0.25) is 0 Å². The Kier molecular flexibility index (Phi) is 3.94. The summed E-state index contributed by atoms with van der Waals surface area (Å²) in [6.07, 6.45) is -0.530. The number of aryl methyl sites for hydroxylation is 1. The van der Waals surface area contributed by atoms with Crippen LogP contribution in [-0.4, -0.2) is 12.2 Å². The minimum atomic E-state index is -0.530. The number of benzene rings is 1. The molecular weight excluding hydrogens is 232 g/mol. The van der Waals surface area contributed by atoms with E-state index in [1.54, 1.807) is 18.4 Å². The van der Waals surface area contributed by atoms with E-state index in [0.717, 1.165) is 16.7 Å². The average Bonchev–Trinajstić information content (AvgIpc) is 2.76. The Morgan fingerprint density at radius 3 is 2.47 bits per heavy atom. The van der Waals surface area contributed by atoms with E-state index in [-0.39, 0.29) is 0 Å². The molecule has 1 N–H and O–H groups in total. The summed E-state index contributed by atoms with van der Waals surface area (Å²) in [5, 5.41) is 12.3. The van der Waals surface area contributed by atoms with Gasteiger partial charge in [0.15, 0.2) is 0 Å². The Morgan fingerprint density at radius 2 is 1.94 bits per heavy atom. The fraction of sp³-hybridized carbons (Fsp3) is 0.286. The third-order valence-corrected chi connectivity index (χ3v) is 3.66. The van der Waals surface area contributed by atoms with E-state index >= 15 is 0 Å². The lowest BCUT2D eigenvalue weighted by molar-refractivity contribution is 0.184. The molecule has 1 aromatic carbocycles. The van der Waals surface area contributed by atoms with Crippen LogP contribution in [-0.2, 0) is 11.3 Å². The fourth-order valence-corrected chi connectivity index (χ4v) is 2.56. The number of thiophene rings is 1. The molecule has 0 amide bonds. The van der Waals surface area contributed by atoms with Crippen LogP contribution in [0.5, 0.6) is 0 Å². The smallest absolute Gasteiger partial charge is 0.105 e. The van der Waals surface area contributed by atoms with Gasteiger partial charge in [0, 0.05) is 12.0 Å². The van der Waals surface area contributed by atoms with Crippen molar-refractivity contribution in [3.8, 4) is 0 Å². The van der Waals surface area contributed by atoms with Crippen LogP contribution in [0.15, 0.2) is 35.7 Å². The number of rotatable bonds is 4. The summed E-state index contributed by atoms with van der Waals surface area (Å²) < 4.78 is 5.06. The third kappa shape index (κ3) is 2.75. The summed E-state index contributed by atoms with van der Waals surface area (Å²) in [7, 11) is 1.68. The molecule has 0 bridgehead atoms. The van der Waals surface area contributed by atoms with E-state index < -0.39 is 6.10 Å². The molecule has 0 radical (unpaired) electrons. The fourth-order valence-electron chi connectivity index (χ4n) is 1.82. The van der Waals surface area contributed by atoms with Crippen LogP contribution in [0.3, 0.4) is 0 Å². The lowest BCUT2D eigenvalue weighted by Gasteiger charge is -2.11. The van der Waals surface area contributed by atoms with E-state index in [1.165, 1.54) is 4.88 Å². The normalized spacial score (nSPS) is 12.6. The van der Waals surface area contributed by atoms with Crippen LogP contribution < -0.4 is 0 Å². The number of methoxy groups -OCH3 is 1. The van der Waals surface area contributed by atoms with Crippen LogP contribution in [0.25, 0.3) is 0 Å². The summed E-state index contributed by atoms with van der Waals surface area (Å²) in [5.41, 5.74) is 3.03. The SMILES string of the molecule is COCc1ccc(C(O)c2ccsc2C)cc1. The lowest BCUT2D eigenvalue weighted by Crippen LogP contribution is -2.00. The minimum Gasteiger partial charge on any atom is -0.384 e. The molecule has 0 saturated heterocycles. The number of ether oxygens (including phenoxy) is 1. The van der Waals surface area contributed by atoms with Crippen molar-refractivity contribution in [3.05, 3.63) is 57.3 Å². The standard InChI is InChI=1S/C14H16O2S/c1-10-13(7-8-17-10)14(15)12-5-3-11(4-6-12)9-16-2/h3-8,14-15H,9H2,1-2H3. The van der Waals surface area contributed by atoms with E-state index in [1.807, 2.05) is 42.6 Å². The maximum absolute atomic E-state index is 10.3. The van der Waals surface area contributed by atoms with Gasteiger partial charge >= 0.3 is 0 Å². The van der Waals surface area contributed by atoms with Gasteiger partial charge in [-0.2, -0.15) is 0 Å². The van der Waals surface area contributed by atoms with Crippen molar-refractivity contribution in [2.45, 2.75) is 19.6 Å². The summed E-state index contributed by atoms with van der Waals surface area (Å²) in [5.74, 6) is 0. The van der Waals surface area contributed by atoms with Crippen LogP contribution in [0, 0.1) is 6.92 Å². The van der Waals surface area contributed by atoms with Gasteiger partial charge in [0.05, 0.1) is 6.61 Å². The number of hydrogen-bond acceptors (Lipinski definition) is 3. The Morgan fingerprint density at radius 1 is 1.24 bits per heavy atom. The molecule has 2 rings (SSSR count). The molecule has 0 spiro atoms. The highest BCUT2D eigenvalue weighted by atomic mass is 32.1. The molecule has 0 aliphatic carbocycles. The Bertz CT molecular complexity index is 473. The van der Waals surface area contributed by atoms with E-state index in [9.17, 15) is 5.11 Å². The van der Waals surface area contributed by atoms with Crippen molar-refractivity contribution in [1.29, 1.82) is 0 Å². The first-order chi connectivity index (χ1) is 8.22. The molecule has 1 atom stereocenters. The Hall–Kier alpha value is -1.16. The Balaban J connectivity index is 2.20. The molecule has 1 unspecified atom stereocenters. The maximum Gasteiger partial charge on any atom is 0.105 e. The van der Waals surface area contributed by atoms with Gasteiger partial charge in [-0.1, -0.05) is 24.3 Å². The van der Waals surface area contributed by atoms with Gasteiger partial charge in [0.1, 0.15) is 6.10 Å². The molecule has 90 valence electrons. The van der Waals surface area contributed by atoms with Crippen molar-refractivity contribution < 1.29 is 9.84 Å². The highest BCUT2D eigenvalue weighted by Gasteiger charge is 2.13. The third-order valence-electron chi connectivity index (χ3n) is 2.80.